The Labute approximate surface area is 167 Å². The molecule has 3 unspecified atom stereocenters. The van der Waals surface area contributed by atoms with Crippen molar-refractivity contribution in [1.29, 1.82) is 0 Å². The van der Waals surface area contributed by atoms with E-state index >= 15 is 0 Å². The van der Waals surface area contributed by atoms with E-state index in [1.54, 1.807) is 4.90 Å². The van der Waals surface area contributed by atoms with Crippen LogP contribution in [0.25, 0.3) is 0 Å². The number of hydrogen-bond acceptors (Lipinski definition) is 5. The highest BCUT2D eigenvalue weighted by Crippen LogP contribution is 2.49. The molecule has 0 N–H and O–H groups in total. The van der Waals surface area contributed by atoms with E-state index in [9.17, 15) is 22.6 Å². The number of fused-ring (bicyclic) bond motifs is 2. The van der Waals surface area contributed by atoms with Crippen molar-refractivity contribution in [2.24, 2.45) is 22.1 Å². The van der Waals surface area contributed by atoms with Crippen LogP contribution in [0.5, 0.6) is 0 Å². The number of nitrogens with zero attached hydrogens (tertiary/aromatic N) is 3. The average molecular weight is 427 g/mol. The minimum absolute atomic E-state index is 0.0352. The normalized spacial score (nSPS) is 35.2. The SMILES string of the molecule is O=C(N=S1(=O)CC2CC(CN(C(=O)Cc3cc(C4CC4)no3)C2)C1)C1CC1(F)F. The van der Waals surface area contributed by atoms with E-state index in [1.165, 1.54) is 0 Å². The van der Waals surface area contributed by atoms with Gasteiger partial charge >= 0.3 is 0 Å². The predicted molar refractivity (Wildman–Crippen MR) is 98.7 cm³/mol. The molecule has 1 aromatic rings. The maximum Gasteiger partial charge on any atom is 0.263 e. The Morgan fingerprint density at radius 2 is 1.93 bits per heavy atom. The zero-order valence-electron chi connectivity index (χ0n) is 15.9. The first-order chi connectivity index (χ1) is 13.7. The molecule has 1 aromatic heterocycles. The van der Waals surface area contributed by atoms with Crippen LogP contribution in [0.2, 0.25) is 0 Å². The molecule has 2 amide bonds. The Balaban J connectivity index is 1.22. The summed E-state index contributed by atoms with van der Waals surface area (Å²) in [5.41, 5.74) is 0.913. The van der Waals surface area contributed by atoms with Crippen LogP contribution in [-0.4, -0.2) is 56.6 Å². The summed E-state index contributed by atoms with van der Waals surface area (Å²) in [5.74, 6) is -4.06. The average Bonchev–Trinajstić information content (AvgIpc) is 3.52. The number of halogens is 2. The molecule has 158 valence electrons. The van der Waals surface area contributed by atoms with Gasteiger partial charge in [0.2, 0.25) is 5.91 Å². The quantitative estimate of drug-likeness (QED) is 0.735. The summed E-state index contributed by atoms with van der Waals surface area (Å²) in [6.07, 6.45) is 2.69. The number of rotatable bonds is 4. The third-order valence-electron chi connectivity index (χ3n) is 6.25. The monoisotopic (exact) mass is 427 g/mol. The third-order valence-corrected chi connectivity index (χ3v) is 8.74. The van der Waals surface area contributed by atoms with Crippen LogP contribution in [0.15, 0.2) is 15.0 Å². The van der Waals surface area contributed by atoms with Crippen LogP contribution in [0.1, 0.15) is 43.1 Å². The molecular formula is C19H23F2N3O4S. The van der Waals surface area contributed by atoms with E-state index in [2.05, 4.69) is 9.52 Å². The van der Waals surface area contributed by atoms with Crippen molar-refractivity contribution in [1.82, 2.24) is 10.1 Å². The van der Waals surface area contributed by atoms with E-state index in [0.717, 1.165) is 25.0 Å². The van der Waals surface area contributed by atoms with Crippen LogP contribution in [0.3, 0.4) is 0 Å². The molecular weight excluding hydrogens is 404 g/mol. The topological polar surface area (TPSA) is 92.8 Å². The lowest BCUT2D eigenvalue weighted by molar-refractivity contribution is -0.133. The van der Waals surface area contributed by atoms with Gasteiger partial charge < -0.3 is 9.42 Å². The molecule has 29 heavy (non-hydrogen) atoms. The first-order valence-corrected chi connectivity index (χ1v) is 11.9. The summed E-state index contributed by atoms with van der Waals surface area (Å²) in [6, 6.07) is 1.85. The van der Waals surface area contributed by atoms with Crippen molar-refractivity contribution in [3.05, 3.63) is 17.5 Å². The second-order valence-corrected chi connectivity index (χ2v) is 11.4. The summed E-state index contributed by atoms with van der Waals surface area (Å²) in [6.45, 7) is 0.887. The molecule has 4 fully saturated rings. The Kier molecular flexibility index (Phi) is 4.34. The van der Waals surface area contributed by atoms with Crippen molar-refractivity contribution in [3.8, 4) is 0 Å². The molecule has 0 radical (unpaired) electrons. The Morgan fingerprint density at radius 3 is 2.52 bits per heavy atom. The lowest BCUT2D eigenvalue weighted by atomic mass is 9.91. The van der Waals surface area contributed by atoms with Crippen molar-refractivity contribution in [3.63, 3.8) is 0 Å². The number of hydrogen-bond donors (Lipinski definition) is 0. The third kappa shape index (κ3) is 3.95. The van der Waals surface area contributed by atoms with Gasteiger partial charge in [0.25, 0.3) is 11.8 Å². The fourth-order valence-electron chi connectivity index (χ4n) is 4.60. The lowest BCUT2D eigenvalue weighted by Gasteiger charge is -2.42. The maximum absolute atomic E-state index is 13.1. The standard InChI is InChI=1S/C19H23F2N3O4S/c20-19(21)6-15(19)18(26)23-29(27)9-11-3-12(10-29)8-24(7-11)17(25)5-14-4-16(22-28-14)13-1-2-13/h4,11-13,15H,1-3,5-10H2. The number of aromatic nitrogens is 1. The molecule has 3 heterocycles. The molecule has 7 nitrogen and oxygen atoms in total. The number of likely N-dealkylation sites (tertiary alicyclic amines) is 1. The van der Waals surface area contributed by atoms with Gasteiger partial charge in [0.05, 0.1) is 21.8 Å². The molecule has 4 aliphatic rings. The molecule has 10 heteroatoms. The molecule has 5 rings (SSSR count). The molecule has 3 atom stereocenters. The zero-order chi connectivity index (χ0) is 20.4. The molecule has 2 aliphatic heterocycles. The van der Waals surface area contributed by atoms with E-state index in [0.29, 0.717) is 24.8 Å². The Morgan fingerprint density at radius 1 is 1.28 bits per heavy atom. The van der Waals surface area contributed by atoms with Crippen molar-refractivity contribution in [2.75, 3.05) is 24.6 Å². The van der Waals surface area contributed by atoms with Crippen LogP contribution in [0.4, 0.5) is 8.78 Å². The van der Waals surface area contributed by atoms with Crippen molar-refractivity contribution >= 4 is 21.5 Å². The maximum atomic E-state index is 13.1. The highest BCUT2D eigenvalue weighted by Gasteiger charge is 2.61. The molecule has 0 aromatic carbocycles. The molecule has 0 spiro atoms. The first-order valence-electron chi connectivity index (χ1n) is 10.1. The number of piperidine rings is 1. The number of alkyl halides is 2. The van der Waals surface area contributed by atoms with E-state index in [1.807, 2.05) is 6.07 Å². The van der Waals surface area contributed by atoms with Gasteiger partial charge in [0.1, 0.15) is 11.7 Å². The smallest absolute Gasteiger partial charge is 0.263 e. The van der Waals surface area contributed by atoms with Crippen LogP contribution < -0.4 is 0 Å². The molecule has 2 saturated heterocycles. The molecule has 2 saturated carbocycles. The van der Waals surface area contributed by atoms with Crippen LogP contribution >= 0.6 is 0 Å². The highest BCUT2D eigenvalue weighted by molar-refractivity contribution is 7.93. The summed E-state index contributed by atoms with van der Waals surface area (Å²) in [7, 11) is -2.84. The Bertz CT molecular complexity index is 960. The largest absolute Gasteiger partial charge is 0.361 e. The van der Waals surface area contributed by atoms with Gasteiger partial charge in [-0.15, -0.1) is 0 Å². The summed E-state index contributed by atoms with van der Waals surface area (Å²) in [5, 5.41) is 4.03. The number of carbonyl (C=O) groups is 2. The van der Waals surface area contributed by atoms with Gasteiger partial charge in [0.15, 0.2) is 0 Å². The summed E-state index contributed by atoms with van der Waals surface area (Å²) in [4.78, 5) is 26.4. The minimum Gasteiger partial charge on any atom is -0.361 e. The fraction of sp³-hybridized carbons (Fsp3) is 0.737. The van der Waals surface area contributed by atoms with Crippen LogP contribution in [-0.2, 0) is 25.7 Å². The minimum atomic E-state index is -3.00. The number of carbonyl (C=O) groups excluding carboxylic acids is 2. The first kappa shape index (κ1) is 19.1. The summed E-state index contributed by atoms with van der Waals surface area (Å²) < 4.78 is 48.3. The highest BCUT2D eigenvalue weighted by atomic mass is 32.2. The van der Waals surface area contributed by atoms with E-state index in [-0.39, 0.29) is 35.7 Å². The second-order valence-electron chi connectivity index (χ2n) is 8.99. The van der Waals surface area contributed by atoms with E-state index < -0.39 is 33.9 Å². The van der Waals surface area contributed by atoms with Crippen molar-refractivity contribution in [2.45, 2.75) is 43.9 Å². The fourth-order valence-corrected chi connectivity index (χ4v) is 7.29. The molecule has 2 aliphatic carbocycles. The van der Waals surface area contributed by atoms with Gasteiger partial charge in [-0.3, -0.25) is 9.59 Å². The predicted octanol–water partition coefficient (Wildman–Crippen LogP) is 2.22. The lowest BCUT2D eigenvalue weighted by Crippen LogP contribution is -2.51. The van der Waals surface area contributed by atoms with Gasteiger partial charge in [0, 0.05) is 43.0 Å². The zero-order valence-corrected chi connectivity index (χ0v) is 16.7. The summed E-state index contributed by atoms with van der Waals surface area (Å²) >= 11 is 0. The van der Waals surface area contributed by atoms with E-state index in [4.69, 9.17) is 4.52 Å². The molecule has 2 bridgehead atoms. The second kappa shape index (κ2) is 6.58. The van der Waals surface area contributed by atoms with Crippen molar-refractivity contribution < 1.29 is 27.1 Å². The van der Waals surface area contributed by atoms with Gasteiger partial charge in [-0.25, -0.2) is 13.0 Å². The number of amides is 2. The van der Waals surface area contributed by atoms with Gasteiger partial charge in [-0.05, 0) is 31.1 Å². The van der Waals surface area contributed by atoms with Crippen LogP contribution in [0, 0.1) is 17.8 Å². The van der Waals surface area contributed by atoms with Gasteiger partial charge in [-0.2, -0.15) is 4.36 Å². The Hall–Kier alpha value is -1.84. The van der Waals surface area contributed by atoms with Gasteiger partial charge in [-0.1, -0.05) is 5.16 Å².